The highest BCUT2D eigenvalue weighted by molar-refractivity contribution is 9.10. The molecular weight excluding hydrogens is 437 g/mol. The van der Waals surface area contributed by atoms with Crippen molar-refractivity contribution in [2.45, 2.75) is 19.3 Å². The Bertz CT molecular complexity index is 895. The fraction of sp³-hybridized carbons (Fsp3) is 0.368. The van der Waals surface area contributed by atoms with Gasteiger partial charge in [0.05, 0.1) is 19.5 Å². The second-order valence-corrected chi connectivity index (χ2v) is 9.39. The predicted octanol–water partition coefficient (Wildman–Crippen LogP) is 3.95. The number of methoxy groups -OCH3 is 1. The van der Waals surface area contributed by atoms with E-state index in [-0.39, 0.29) is 17.9 Å². The number of hydrogen-bond acceptors (Lipinski definition) is 5. The van der Waals surface area contributed by atoms with E-state index in [4.69, 9.17) is 15.2 Å². The Hall–Kier alpha value is -1.80. The smallest absolute Gasteiger partial charge is 0.161 e. The van der Waals surface area contributed by atoms with Crippen molar-refractivity contribution in [1.29, 1.82) is 0 Å². The van der Waals surface area contributed by atoms with Crippen molar-refractivity contribution in [3.05, 3.63) is 51.7 Å². The van der Waals surface area contributed by atoms with Gasteiger partial charge in [0.25, 0.3) is 0 Å². The zero-order valence-electron chi connectivity index (χ0n) is 15.5. The first-order chi connectivity index (χ1) is 12.6. The lowest BCUT2D eigenvalue weighted by molar-refractivity contribution is 0.310. The summed E-state index contributed by atoms with van der Waals surface area (Å²) in [7, 11) is -1.78. The molecule has 148 valence electrons. The number of anilines is 1. The molecule has 8 heteroatoms. The van der Waals surface area contributed by atoms with Crippen molar-refractivity contribution < 1.29 is 22.3 Å². The fourth-order valence-electron chi connectivity index (χ4n) is 2.94. The SMILES string of the molecule is CCOc1cc([C@H](Cc2c(N)cc(Br)cc2F)CS(C)(=O)=O)ccc1OC. The molecule has 27 heavy (non-hydrogen) atoms. The predicted molar refractivity (Wildman–Crippen MR) is 109 cm³/mol. The van der Waals surface area contributed by atoms with Gasteiger partial charge in [0.15, 0.2) is 11.5 Å². The van der Waals surface area contributed by atoms with Crippen LogP contribution in [0.3, 0.4) is 0 Å². The summed E-state index contributed by atoms with van der Waals surface area (Å²) in [5.74, 6) is -0.0323. The average molecular weight is 460 g/mol. The highest BCUT2D eigenvalue weighted by Gasteiger charge is 2.23. The van der Waals surface area contributed by atoms with Crippen molar-refractivity contribution in [3.8, 4) is 11.5 Å². The van der Waals surface area contributed by atoms with E-state index in [1.807, 2.05) is 6.92 Å². The quantitative estimate of drug-likeness (QED) is 0.604. The molecule has 5 nitrogen and oxygen atoms in total. The third-order valence-corrected chi connectivity index (χ3v) is 5.57. The lowest BCUT2D eigenvalue weighted by Crippen LogP contribution is -2.17. The van der Waals surface area contributed by atoms with Crippen LogP contribution in [0.1, 0.15) is 24.0 Å². The second kappa shape index (κ2) is 8.93. The number of ether oxygens (including phenoxy) is 2. The van der Waals surface area contributed by atoms with Gasteiger partial charge in [-0.1, -0.05) is 22.0 Å². The second-order valence-electron chi connectivity index (χ2n) is 6.29. The van der Waals surface area contributed by atoms with Crippen LogP contribution in [-0.4, -0.2) is 34.1 Å². The summed E-state index contributed by atoms with van der Waals surface area (Å²) in [6.45, 7) is 2.28. The first-order valence-electron chi connectivity index (χ1n) is 8.36. The van der Waals surface area contributed by atoms with Crippen molar-refractivity contribution in [1.82, 2.24) is 0 Å². The Morgan fingerprint density at radius 3 is 2.48 bits per heavy atom. The molecule has 0 amide bonds. The molecule has 0 aromatic heterocycles. The van der Waals surface area contributed by atoms with Crippen LogP contribution < -0.4 is 15.2 Å². The van der Waals surface area contributed by atoms with Gasteiger partial charge in [0.2, 0.25) is 0 Å². The van der Waals surface area contributed by atoms with Crippen LogP contribution in [0.4, 0.5) is 10.1 Å². The van der Waals surface area contributed by atoms with Crippen LogP contribution >= 0.6 is 15.9 Å². The van der Waals surface area contributed by atoms with Crippen molar-refractivity contribution in [3.63, 3.8) is 0 Å². The summed E-state index contributed by atoms with van der Waals surface area (Å²) >= 11 is 3.20. The van der Waals surface area contributed by atoms with E-state index < -0.39 is 21.6 Å². The molecule has 0 fully saturated rings. The lowest BCUT2D eigenvalue weighted by atomic mass is 9.92. The first-order valence-corrected chi connectivity index (χ1v) is 11.2. The molecule has 2 N–H and O–H groups in total. The topological polar surface area (TPSA) is 78.6 Å². The van der Waals surface area contributed by atoms with Crippen molar-refractivity contribution in [2.24, 2.45) is 0 Å². The highest BCUT2D eigenvalue weighted by Crippen LogP contribution is 2.34. The molecule has 0 spiro atoms. The van der Waals surface area contributed by atoms with Gasteiger partial charge in [-0.2, -0.15) is 0 Å². The van der Waals surface area contributed by atoms with Gasteiger partial charge >= 0.3 is 0 Å². The Labute approximate surface area is 167 Å². The molecule has 0 saturated heterocycles. The average Bonchev–Trinajstić information content (AvgIpc) is 2.56. The molecule has 0 bridgehead atoms. The zero-order valence-corrected chi connectivity index (χ0v) is 17.9. The minimum Gasteiger partial charge on any atom is -0.493 e. The summed E-state index contributed by atoms with van der Waals surface area (Å²) in [6, 6.07) is 8.16. The molecule has 2 rings (SSSR count). The maximum absolute atomic E-state index is 14.4. The molecule has 0 heterocycles. The third kappa shape index (κ3) is 5.84. The van der Waals surface area contributed by atoms with E-state index in [1.54, 1.807) is 24.3 Å². The van der Waals surface area contributed by atoms with Gasteiger partial charge in [-0.25, -0.2) is 12.8 Å². The minimum atomic E-state index is -3.31. The monoisotopic (exact) mass is 459 g/mol. The van der Waals surface area contributed by atoms with Crippen molar-refractivity contribution in [2.75, 3.05) is 31.5 Å². The molecule has 0 aliphatic rings. The standard InChI is InChI=1S/C19H23BrFNO4S/c1-4-26-19-8-12(5-6-18(19)25-2)13(11-27(3,23)24)7-15-16(21)9-14(20)10-17(15)22/h5-6,8-10,13H,4,7,11,22H2,1-3H3/t13-/m1/s1. The Morgan fingerprint density at radius 1 is 1.22 bits per heavy atom. The molecular formula is C19H23BrFNO4S. The number of sulfone groups is 1. The van der Waals surface area contributed by atoms with E-state index in [0.717, 1.165) is 6.26 Å². The van der Waals surface area contributed by atoms with Crippen LogP contribution in [0.15, 0.2) is 34.8 Å². The largest absolute Gasteiger partial charge is 0.493 e. The van der Waals surface area contributed by atoms with Crippen LogP contribution in [-0.2, 0) is 16.3 Å². The van der Waals surface area contributed by atoms with E-state index in [1.165, 1.54) is 13.2 Å². The number of hydrogen-bond donors (Lipinski definition) is 1. The number of nitrogen functional groups attached to an aromatic ring is 1. The Morgan fingerprint density at radius 2 is 1.93 bits per heavy atom. The van der Waals surface area contributed by atoms with E-state index >= 15 is 0 Å². The van der Waals surface area contributed by atoms with Gasteiger partial charge in [-0.05, 0) is 43.2 Å². The Kier molecular flexibility index (Phi) is 7.11. The van der Waals surface area contributed by atoms with Gasteiger partial charge < -0.3 is 15.2 Å². The van der Waals surface area contributed by atoms with Crippen LogP contribution in [0.5, 0.6) is 11.5 Å². The van der Waals surface area contributed by atoms with Gasteiger partial charge in [0, 0.05) is 27.9 Å². The lowest BCUT2D eigenvalue weighted by Gasteiger charge is -2.20. The van der Waals surface area contributed by atoms with E-state index in [0.29, 0.717) is 33.7 Å². The molecule has 0 aliphatic heterocycles. The van der Waals surface area contributed by atoms with E-state index in [9.17, 15) is 12.8 Å². The maximum Gasteiger partial charge on any atom is 0.161 e. The van der Waals surface area contributed by atoms with Gasteiger partial charge in [-0.3, -0.25) is 0 Å². The summed E-state index contributed by atoms with van der Waals surface area (Å²) in [6.07, 6.45) is 1.31. The first kappa shape index (κ1) is 21.5. The van der Waals surface area contributed by atoms with E-state index in [2.05, 4.69) is 15.9 Å². The minimum absolute atomic E-state index is 0.139. The van der Waals surface area contributed by atoms with Crippen molar-refractivity contribution >= 4 is 31.5 Å². The summed E-state index contributed by atoms with van der Waals surface area (Å²) in [4.78, 5) is 0. The van der Waals surface area contributed by atoms with Crippen LogP contribution in [0.2, 0.25) is 0 Å². The zero-order chi connectivity index (χ0) is 20.2. The fourth-order valence-corrected chi connectivity index (χ4v) is 4.43. The Balaban J connectivity index is 2.48. The molecule has 0 saturated carbocycles. The summed E-state index contributed by atoms with van der Waals surface area (Å²) < 4.78 is 49.8. The van der Waals surface area contributed by atoms with Gasteiger partial charge in [0.1, 0.15) is 15.7 Å². The molecule has 2 aromatic rings. The molecule has 0 unspecified atom stereocenters. The molecule has 0 radical (unpaired) electrons. The highest BCUT2D eigenvalue weighted by atomic mass is 79.9. The summed E-state index contributed by atoms with van der Waals surface area (Å²) in [5, 5.41) is 0. The molecule has 0 aliphatic carbocycles. The van der Waals surface area contributed by atoms with Crippen LogP contribution in [0, 0.1) is 5.82 Å². The normalized spacial score (nSPS) is 12.6. The number of halogens is 2. The number of rotatable bonds is 8. The summed E-state index contributed by atoms with van der Waals surface area (Å²) in [5.41, 5.74) is 7.25. The molecule has 1 atom stereocenters. The van der Waals surface area contributed by atoms with Gasteiger partial charge in [-0.15, -0.1) is 0 Å². The third-order valence-electron chi connectivity index (χ3n) is 4.11. The molecule has 2 aromatic carbocycles. The van der Waals surface area contributed by atoms with Crippen LogP contribution in [0.25, 0.3) is 0 Å². The number of benzene rings is 2. The maximum atomic E-state index is 14.4. The number of nitrogens with two attached hydrogens (primary N) is 1.